The van der Waals surface area contributed by atoms with E-state index in [0.29, 0.717) is 13.2 Å². The molecular weight excluding hydrogens is 262 g/mol. The number of nitrogens with one attached hydrogen (secondary N) is 1. The van der Waals surface area contributed by atoms with Crippen LogP contribution in [0.1, 0.15) is 12.5 Å². The molecule has 0 aliphatic carbocycles. The van der Waals surface area contributed by atoms with Gasteiger partial charge in [-0.3, -0.25) is 0 Å². The lowest BCUT2D eigenvalue weighted by Gasteiger charge is -2.11. The molecule has 0 saturated heterocycles. The van der Waals surface area contributed by atoms with E-state index in [1.165, 1.54) is 0 Å². The summed E-state index contributed by atoms with van der Waals surface area (Å²) in [6.07, 6.45) is 0. The van der Waals surface area contributed by atoms with E-state index in [-0.39, 0.29) is 0 Å². The summed E-state index contributed by atoms with van der Waals surface area (Å²) in [6.45, 7) is 3.35. The van der Waals surface area contributed by atoms with E-state index in [2.05, 4.69) is 27.0 Å². The Morgan fingerprint density at radius 3 is 2.67 bits per heavy atom. The fraction of sp³-hybridized carbons (Fsp3) is 0.235. The van der Waals surface area contributed by atoms with Gasteiger partial charge in [0, 0.05) is 19.2 Å². The monoisotopic (exact) mass is 281 g/mol. The van der Waals surface area contributed by atoms with E-state index in [1.807, 2.05) is 50.4 Å². The molecule has 1 heterocycles. The number of fused-ring (bicyclic) bond motifs is 1. The number of anilines is 1. The van der Waals surface area contributed by atoms with Crippen LogP contribution in [0, 0.1) is 0 Å². The number of rotatable bonds is 5. The maximum Gasteiger partial charge on any atom is 0.203 e. The summed E-state index contributed by atoms with van der Waals surface area (Å²) in [5, 5.41) is 3.39. The van der Waals surface area contributed by atoms with Gasteiger partial charge >= 0.3 is 0 Å². The van der Waals surface area contributed by atoms with Gasteiger partial charge in [0.15, 0.2) is 0 Å². The van der Waals surface area contributed by atoms with Gasteiger partial charge < -0.3 is 14.6 Å². The van der Waals surface area contributed by atoms with E-state index < -0.39 is 0 Å². The lowest BCUT2D eigenvalue weighted by atomic mass is 10.2. The predicted molar refractivity (Wildman–Crippen MR) is 85.7 cm³/mol. The molecule has 0 saturated carbocycles. The molecule has 0 spiro atoms. The Morgan fingerprint density at radius 1 is 1.10 bits per heavy atom. The van der Waals surface area contributed by atoms with Gasteiger partial charge in [-0.2, -0.15) is 0 Å². The SMILES string of the molecule is CCOc1ccccc1CNc1nc2ccccc2n1C. The topological polar surface area (TPSA) is 39.1 Å². The van der Waals surface area contributed by atoms with Gasteiger partial charge in [-0.05, 0) is 25.1 Å². The third-order valence-electron chi connectivity index (χ3n) is 3.50. The van der Waals surface area contributed by atoms with Crippen molar-refractivity contribution in [3.63, 3.8) is 0 Å². The molecular formula is C17H19N3O. The van der Waals surface area contributed by atoms with Gasteiger partial charge in [-0.15, -0.1) is 0 Å². The highest BCUT2D eigenvalue weighted by atomic mass is 16.5. The second kappa shape index (κ2) is 5.87. The van der Waals surface area contributed by atoms with E-state index in [1.54, 1.807) is 0 Å². The molecule has 1 N–H and O–H groups in total. The first kappa shape index (κ1) is 13.5. The van der Waals surface area contributed by atoms with Crippen molar-refractivity contribution < 1.29 is 4.74 Å². The van der Waals surface area contributed by atoms with Crippen LogP contribution >= 0.6 is 0 Å². The molecule has 2 aromatic carbocycles. The van der Waals surface area contributed by atoms with Crippen LogP contribution in [-0.4, -0.2) is 16.2 Å². The molecule has 3 aromatic rings. The summed E-state index contributed by atoms with van der Waals surface area (Å²) in [5.41, 5.74) is 3.25. The molecule has 0 bridgehead atoms. The molecule has 0 aliphatic heterocycles. The van der Waals surface area contributed by atoms with Crippen LogP contribution in [0.15, 0.2) is 48.5 Å². The Kier molecular flexibility index (Phi) is 3.77. The van der Waals surface area contributed by atoms with Gasteiger partial charge in [-0.1, -0.05) is 30.3 Å². The smallest absolute Gasteiger partial charge is 0.203 e. The Balaban J connectivity index is 1.82. The summed E-state index contributed by atoms with van der Waals surface area (Å²) in [6, 6.07) is 16.2. The van der Waals surface area contributed by atoms with Crippen molar-refractivity contribution >= 4 is 17.0 Å². The standard InChI is InChI=1S/C17H19N3O/c1-3-21-16-11-7-4-8-13(16)12-18-17-19-14-9-5-6-10-15(14)20(17)2/h4-11H,3,12H2,1-2H3,(H,18,19). The number of para-hydroxylation sites is 3. The quantitative estimate of drug-likeness (QED) is 0.777. The number of imidazole rings is 1. The van der Waals surface area contributed by atoms with E-state index in [0.717, 1.165) is 28.3 Å². The second-order valence-electron chi connectivity index (χ2n) is 4.88. The van der Waals surface area contributed by atoms with Gasteiger partial charge in [-0.25, -0.2) is 4.98 Å². The van der Waals surface area contributed by atoms with Crippen LogP contribution in [0.5, 0.6) is 5.75 Å². The fourth-order valence-electron chi connectivity index (χ4n) is 2.42. The van der Waals surface area contributed by atoms with Crippen LogP contribution in [-0.2, 0) is 13.6 Å². The summed E-state index contributed by atoms with van der Waals surface area (Å²) in [7, 11) is 2.02. The normalized spacial score (nSPS) is 10.8. The van der Waals surface area contributed by atoms with Crippen LogP contribution < -0.4 is 10.1 Å². The van der Waals surface area contributed by atoms with Gasteiger partial charge in [0.05, 0.1) is 17.6 Å². The number of benzene rings is 2. The summed E-state index contributed by atoms with van der Waals surface area (Å²) in [5.74, 6) is 1.79. The van der Waals surface area contributed by atoms with Crippen molar-refractivity contribution in [3.8, 4) is 5.75 Å². The van der Waals surface area contributed by atoms with Crippen molar-refractivity contribution in [3.05, 3.63) is 54.1 Å². The number of nitrogens with zero attached hydrogens (tertiary/aromatic N) is 2. The average molecular weight is 281 g/mol. The molecule has 4 nitrogen and oxygen atoms in total. The van der Waals surface area contributed by atoms with Crippen molar-refractivity contribution in [1.29, 1.82) is 0 Å². The van der Waals surface area contributed by atoms with Crippen molar-refractivity contribution in [2.45, 2.75) is 13.5 Å². The third kappa shape index (κ3) is 2.70. The first-order valence-corrected chi connectivity index (χ1v) is 7.15. The third-order valence-corrected chi connectivity index (χ3v) is 3.50. The minimum atomic E-state index is 0.670. The first-order chi connectivity index (χ1) is 10.3. The molecule has 1 aromatic heterocycles. The van der Waals surface area contributed by atoms with E-state index >= 15 is 0 Å². The Bertz CT molecular complexity index is 749. The molecule has 0 radical (unpaired) electrons. The number of hydrogen-bond donors (Lipinski definition) is 1. The van der Waals surface area contributed by atoms with Gasteiger partial charge in [0.25, 0.3) is 0 Å². The van der Waals surface area contributed by atoms with E-state index in [9.17, 15) is 0 Å². The zero-order valence-corrected chi connectivity index (χ0v) is 12.3. The number of aryl methyl sites for hydroxylation is 1. The molecule has 0 aliphatic rings. The second-order valence-corrected chi connectivity index (χ2v) is 4.88. The maximum absolute atomic E-state index is 5.65. The first-order valence-electron chi connectivity index (χ1n) is 7.15. The Morgan fingerprint density at radius 2 is 1.86 bits per heavy atom. The van der Waals surface area contributed by atoms with Gasteiger partial charge in [0.1, 0.15) is 5.75 Å². The van der Waals surface area contributed by atoms with Crippen LogP contribution in [0.3, 0.4) is 0 Å². The molecule has 4 heteroatoms. The zero-order chi connectivity index (χ0) is 14.7. The lowest BCUT2D eigenvalue weighted by molar-refractivity contribution is 0.337. The maximum atomic E-state index is 5.65. The Hall–Kier alpha value is -2.49. The van der Waals surface area contributed by atoms with Crippen LogP contribution in [0.4, 0.5) is 5.95 Å². The van der Waals surface area contributed by atoms with E-state index in [4.69, 9.17) is 4.74 Å². The minimum absolute atomic E-state index is 0.670. The highest BCUT2D eigenvalue weighted by Crippen LogP contribution is 2.21. The minimum Gasteiger partial charge on any atom is -0.494 e. The number of aromatic nitrogens is 2. The predicted octanol–water partition coefficient (Wildman–Crippen LogP) is 3.58. The van der Waals surface area contributed by atoms with Crippen molar-refractivity contribution in [1.82, 2.24) is 9.55 Å². The van der Waals surface area contributed by atoms with Crippen LogP contribution in [0.25, 0.3) is 11.0 Å². The molecule has 21 heavy (non-hydrogen) atoms. The summed E-state index contributed by atoms with van der Waals surface area (Å²) >= 11 is 0. The van der Waals surface area contributed by atoms with Crippen molar-refractivity contribution in [2.75, 3.05) is 11.9 Å². The highest BCUT2D eigenvalue weighted by molar-refractivity contribution is 5.78. The molecule has 3 rings (SSSR count). The van der Waals surface area contributed by atoms with Crippen molar-refractivity contribution in [2.24, 2.45) is 7.05 Å². The Labute approximate surface area is 124 Å². The average Bonchev–Trinajstić information content (AvgIpc) is 2.84. The molecule has 0 atom stereocenters. The summed E-state index contributed by atoms with van der Waals surface area (Å²) in [4.78, 5) is 4.61. The lowest BCUT2D eigenvalue weighted by Crippen LogP contribution is -2.06. The molecule has 108 valence electrons. The summed E-state index contributed by atoms with van der Waals surface area (Å²) < 4.78 is 7.72. The van der Waals surface area contributed by atoms with Gasteiger partial charge in [0.2, 0.25) is 5.95 Å². The highest BCUT2D eigenvalue weighted by Gasteiger charge is 2.08. The largest absolute Gasteiger partial charge is 0.494 e. The molecule has 0 unspecified atom stereocenters. The number of hydrogen-bond acceptors (Lipinski definition) is 3. The number of ether oxygens (including phenoxy) is 1. The van der Waals surface area contributed by atoms with Crippen LogP contribution in [0.2, 0.25) is 0 Å². The molecule has 0 fully saturated rings. The fourth-order valence-corrected chi connectivity index (χ4v) is 2.42. The molecule has 0 amide bonds. The zero-order valence-electron chi connectivity index (χ0n) is 12.3.